The molecule has 184 valence electrons. The van der Waals surface area contributed by atoms with Gasteiger partial charge < -0.3 is 30.0 Å². The van der Waals surface area contributed by atoms with Gasteiger partial charge in [0.15, 0.2) is 0 Å². The standard InChI is InChI=1S/2C10H8.2C2H6.CH2I.CH3.4HI.2V/c2*1-2-6-10-8-4-3-7-9(10)5-1;3*1-2;;;;;;;/h2*1-8H;2*1-2H3;1H2;1H3;4*1H;;/q;;;;2*-1;;;;;2*+2/p-4. The van der Waals surface area contributed by atoms with E-state index in [0.29, 0.717) is 18.9 Å². The van der Waals surface area contributed by atoms with E-state index in [4.69, 9.17) is 0 Å². The number of hydrogen-bond donors (Lipinski definition) is 0. The SMILES string of the molecule is CC.CC.[CH2-]I.[CH3-].[I][V][I].[I][V][I].c1ccc2ccccc2c1.c1ccc2ccccc2c1. The molecule has 0 nitrogen and oxygen atoms in total. The molecule has 4 rings (SSSR count). The third kappa shape index (κ3) is 24.3. The molecule has 0 bridgehead atoms. The van der Waals surface area contributed by atoms with Gasteiger partial charge in [-0.1, -0.05) is 125 Å². The second-order valence-corrected chi connectivity index (χ2v) is 28.4. The van der Waals surface area contributed by atoms with Crippen molar-refractivity contribution >= 4 is 124 Å². The van der Waals surface area contributed by atoms with Crippen LogP contribution < -0.4 is 0 Å². The van der Waals surface area contributed by atoms with Crippen LogP contribution in [0.4, 0.5) is 0 Å². The number of benzene rings is 4. The van der Waals surface area contributed by atoms with Gasteiger partial charge in [0.1, 0.15) is 0 Å². The van der Waals surface area contributed by atoms with Crippen molar-refractivity contribution in [2.24, 2.45) is 0 Å². The molecule has 0 N–H and O–H groups in total. The van der Waals surface area contributed by atoms with Gasteiger partial charge >= 0.3 is 98.8 Å². The zero-order chi connectivity index (χ0) is 25.0. The molecule has 0 aromatic heterocycles. The van der Waals surface area contributed by atoms with Crippen molar-refractivity contribution in [2.45, 2.75) is 27.7 Å². The van der Waals surface area contributed by atoms with E-state index < -0.39 is 0 Å². The molecule has 0 aliphatic rings. The van der Waals surface area contributed by atoms with Crippen LogP contribution in [0.1, 0.15) is 27.7 Å². The predicted molar refractivity (Wildman–Crippen MR) is 192 cm³/mol. The molecule has 0 atom stereocenters. The molecule has 0 fully saturated rings. The number of halogens is 5. The molecule has 4 aromatic carbocycles. The van der Waals surface area contributed by atoms with E-state index in [1.54, 1.807) is 0 Å². The van der Waals surface area contributed by atoms with Crippen LogP contribution in [0.2, 0.25) is 0 Å². The number of hydrogen-bond acceptors (Lipinski definition) is 0. The molecule has 7 heteroatoms. The second kappa shape index (κ2) is 36.4. The van der Waals surface area contributed by atoms with Crippen LogP contribution in [-0.2, 0) is 18.9 Å². The van der Waals surface area contributed by atoms with Gasteiger partial charge in [0, 0.05) is 0 Å². The molecule has 0 aliphatic carbocycles. The Morgan fingerprint density at radius 2 is 0.515 bits per heavy atom. The minimum atomic E-state index is 0. The molecule has 0 saturated carbocycles. The van der Waals surface area contributed by atoms with Crippen molar-refractivity contribution in [3.8, 4) is 0 Å². The first-order chi connectivity index (χ1) is 15.8. The third-order valence-corrected chi connectivity index (χ3v) is 3.32. The van der Waals surface area contributed by atoms with Crippen molar-refractivity contribution in [1.29, 1.82) is 0 Å². The number of fused-ring (bicyclic) bond motifs is 2. The van der Waals surface area contributed by atoms with Crippen LogP contribution in [0.5, 0.6) is 0 Å². The smallest absolute Gasteiger partial charge is 0.0184 e. The largest absolute Gasteiger partial charge is 0.0616 e. The van der Waals surface area contributed by atoms with Gasteiger partial charge in [-0.2, -0.15) is 0 Å². The summed E-state index contributed by atoms with van der Waals surface area (Å²) in [5.41, 5.74) is 0. The summed E-state index contributed by atoms with van der Waals surface area (Å²) >= 11 is 11.4. The Kier molecular flexibility index (Phi) is 46.6. The van der Waals surface area contributed by atoms with Crippen LogP contribution in [0.3, 0.4) is 0 Å². The predicted octanol–water partition coefficient (Wildman–Crippen LogP) is 12.9. The fourth-order valence-corrected chi connectivity index (χ4v) is 2.27. The van der Waals surface area contributed by atoms with Crippen LogP contribution in [0.25, 0.3) is 21.5 Å². The minimum Gasteiger partial charge on any atom is -0.0616 e. The monoisotopic (exact) mass is 1080 g/mol. The maximum atomic E-state index is 3.22. The fraction of sp³-hybridized carbons (Fsp3) is 0.154. The van der Waals surface area contributed by atoms with E-state index in [0.717, 1.165) is 0 Å². The van der Waals surface area contributed by atoms with Gasteiger partial charge in [-0.3, -0.25) is 4.93 Å². The fourth-order valence-electron chi connectivity index (χ4n) is 2.27. The summed E-state index contributed by atoms with van der Waals surface area (Å²) < 4.78 is 0. The maximum Gasteiger partial charge on any atom is -0.0184 e. The molecule has 0 unspecified atom stereocenters. The van der Waals surface area contributed by atoms with Gasteiger partial charge in [0.2, 0.25) is 0 Å². The van der Waals surface area contributed by atoms with E-state index >= 15 is 0 Å². The van der Waals surface area contributed by atoms with Crippen molar-refractivity contribution in [3.63, 3.8) is 0 Å². The second-order valence-electron chi connectivity index (χ2n) is 4.82. The summed E-state index contributed by atoms with van der Waals surface area (Å²) in [6.45, 7) is 8.00. The van der Waals surface area contributed by atoms with E-state index in [2.05, 4.69) is 182 Å². The van der Waals surface area contributed by atoms with Crippen molar-refractivity contribution < 1.29 is 18.9 Å². The summed E-state index contributed by atoms with van der Waals surface area (Å²) in [7, 11) is 1.25. The normalized spacial score (nSPS) is 7.45. The van der Waals surface area contributed by atoms with Gasteiger partial charge in [-0.25, -0.2) is 0 Å². The number of rotatable bonds is 0. The zero-order valence-electron chi connectivity index (χ0n) is 19.7. The van der Waals surface area contributed by atoms with E-state index in [-0.39, 0.29) is 7.43 Å². The van der Waals surface area contributed by atoms with E-state index in [1.807, 2.05) is 50.3 Å². The van der Waals surface area contributed by atoms with Gasteiger partial charge in [-0.05, 0) is 21.5 Å². The zero-order valence-corrected chi connectivity index (χ0v) is 33.3. The minimum absolute atomic E-state index is 0. The third-order valence-electron chi connectivity index (χ3n) is 3.32. The van der Waals surface area contributed by atoms with Gasteiger partial charge in [-0.15, -0.1) is 0 Å². The maximum absolute atomic E-state index is 3.22. The molecule has 0 spiro atoms. The molecule has 4 aromatic rings. The first-order valence-corrected chi connectivity index (χ1v) is 29.3. The first-order valence-electron chi connectivity index (χ1n) is 9.75. The molecule has 0 amide bonds. The summed E-state index contributed by atoms with van der Waals surface area (Å²) in [6, 6.07) is 33.4. The van der Waals surface area contributed by atoms with Crippen LogP contribution in [-0.4, -0.2) is 0 Å². The summed E-state index contributed by atoms with van der Waals surface area (Å²) in [6.07, 6.45) is 0. The van der Waals surface area contributed by atoms with Gasteiger partial charge in [0.05, 0.1) is 0 Å². The summed E-state index contributed by atoms with van der Waals surface area (Å²) in [5, 5.41) is 5.24. The summed E-state index contributed by atoms with van der Waals surface area (Å²) in [5.74, 6) is 0. The Hall–Kier alpha value is 2.22. The molecular weight excluding hydrogens is 1050 g/mol. The van der Waals surface area contributed by atoms with Crippen LogP contribution >= 0.6 is 103 Å². The van der Waals surface area contributed by atoms with E-state index in [1.165, 1.54) is 21.5 Å². The molecule has 0 radical (unpaired) electrons. The topological polar surface area (TPSA) is 0 Å². The summed E-state index contributed by atoms with van der Waals surface area (Å²) in [4.78, 5) is 3.22. The Balaban J connectivity index is -0.000000172. The van der Waals surface area contributed by atoms with Crippen molar-refractivity contribution in [2.75, 3.05) is 0 Å². The average molecular weight is 1080 g/mol. The Morgan fingerprint density at radius 3 is 0.606 bits per heavy atom. The van der Waals surface area contributed by atoms with Crippen LogP contribution in [0, 0.1) is 12.4 Å². The molecule has 0 saturated heterocycles. The Bertz CT molecular complexity index is 672. The van der Waals surface area contributed by atoms with Crippen molar-refractivity contribution in [3.05, 3.63) is 109 Å². The first kappa shape index (κ1) is 42.3. The van der Waals surface area contributed by atoms with Crippen LogP contribution in [0.15, 0.2) is 97.1 Å². The molecule has 33 heavy (non-hydrogen) atoms. The van der Waals surface area contributed by atoms with Crippen molar-refractivity contribution in [1.82, 2.24) is 0 Å². The van der Waals surface area contributed by atoms with Gasteiger partial charge in [0.25, 0.3) is 0 Å². The average Bonchev–Trinajstić information content (AvgIpc) is 2.89. The Labute approximate surface area is 275 Å². The molecule has 0 heterocycles. The Morgan fingerprint density at radius 1 is 0.424 bits per heavy atom. The van der Waals surface area contributed by atoms with E-state index in [9.17, 15) is 0 Å². The quantitative estimate of drug-likeness (QED) is 0.122. The molecular formula is C26H33I5V2-2. The molecule has 0 aliphatic heterocycles.